The van der Waals surface area contributed by atoms with Crippen molar-refractivity contribution in [2.45, 2.75) is 11.4 Å². The lowest BCUT2D eigenvalue weighted by molar-refractivity contribution is 0.100. The fourth-order valence-corrected chi connectivity index (χ4v) is 3.05. The molecule has 2 rings (SSSR count). The summed E-state index contributed by atoms with van der Waals surface area (Å²) in [5.74, 6) is -0.517. The van der Waals surface area contributed by atoms with Crippen LogP contribution >= 0.6 is 0 Å². The molecule has 0 unspecified atom stereocenters. The molecule has 0 aliphatic heterocycles. The summed E-state index contributed by atoms with van der Waals surface area (Å²) in [6.45, 7) is 0.376. The molecule has 23 heavy (non-hydrogen) atoms. The lowest BCUT2D eigenvalue weighted by Gasteiger charge is -2.13. The molecule has 0 atom stereocenters. The fraction of sp³-hybridized carbons (Fsp3) is 0.188. The highest BCUT2D eigenvalue weighted by Crippen LogP contribution is 2.18. The predicted octanol–water partition coefficient (Wildman–Crippen LogP) is 1.65. The van der Waals surface area contributed by atoms with E-state index in [1.807, 2.05) is 6.07 Å². The number of sulfonamides is 1. The number of nitrogens with two attached hydrogens (primary N) is 1. The summed E-state index contributed by atoms with van der Waals surface area (Å²) in [5.41, 5.74) is 7.12. The molecule has 3 N–H and O–H groups in total. The molecule has 2 aromatic carbocycles. The topological polar surface area (TPSA) is 92.5 Å². The van der Waals surface area contributed by atoms with Crippen molar-refractivity contribution >= 4 is 21.6 Å². The minimum absolute atomic E-state index is 0.227. The number of para-hydroxylation sites is 1. The molecule has 122 valence electrons. The summed E-state index contributed by atoms with van der Waals surface area (Å²) >= 11 is 0. The van der Waals surface area contributed by atoms with E-state index >= 15 is 0 Å². The molecule has 0 bridgehead atoms. The number of anilines is 1. The van der Waals surface area contributed by atoms with Crippen LogP contribution in [0.3, 0.4) is 0 Å². The molecule has 7 heteroatoms. The summed E-state index contributed by atoms with van der Waals surface area (Å²) in [5, 5.41) is 3.11. The lowest BCUT2D eigenvalue weighted by atomic mass is 10.1. The van der Waals surface area contributed by atoms with E-state index in [-0.39, 0.29) is 4.90 Å². The Hall–Kier alpha value is -2.38. The van der Waals surface area contributed by atoms with Gasteiger partial charge in [0.1, 0.15) is 0 Å². The van der Waals surface area contributed by atoms with Crippen molar-refractivity contribution in [1.82, 2.24) is 4.31 Å². The van der Waals surface area contributed by atoms with Gasteiger partial charge in [0.25, 0.3) is 5.91 Å². The monoisotopic (exact) mass is 333 g/mol. The number of nitrogens with zero attached hydrogens (tertiary/aromatic N) is 1. The quantitative estimate of drug-likeness (QED) is 0.840. The van der Waals surface area contributed by atoms with Gasteiger partial charge in [-0.1, -0.05) is 24.3 Å². The van der Waals surface area contributed by atoms with Gasteiger partial charge in [-0.05, 0) is 29.8 Å². The average molecular weight is 333 g/mol. The Balaban J connectivity index is 2.22. The molecule has 0 aliphatic carbocycles. The minimum Gasteiger partial charge on any atom is -0.380 e. The van der Waals surface area contributed by atoms with Crippen molar-refractivity contribution in [3.05, 3.63) is 59.7 Å². The highest BCUT2D eigenvalue weighted by molar-refractivity contribution is 7.89. The Morgan fingerprint density at radius 2 is 1.83 bits per heavy atom. The molecule has 0 spiro atoms. The third kappa shape index (κ3) is 3.88. The van der Waals surface area contributed by atoms with Crippen LogP contribution in [0.15, 0.2) is 53.4 Å². The zero-order valence-corrected chi connectivity index (χ0v) is 13.8. The molecule has 0 heterocycles. The van der Waals surface area contributed by atoms with Crippen LogP contribution < -0.4 is 11.1 Å². The summed E-state index contributed by atoms with van der Waals surface area (Å²) in [6.07, 6.45) is 0. The summed E-state index contributed by atoms with van der Waals surface area (Å²) in [6, 6.07) is 13.6. The van der Waals surface area contributed by atoms with Crippen molar-refractivity contribution in [3.8, 4) is 0 Å². The number of hydrogen-bond donors (Lipinski definition) is 2. The second-order valence-corrected chi connectivity index (χ2v) is 7.35. The van der Waals surface area contributed by atoms with Gasteiger partial charge in [0, 0.05) is 26.3 Å². The first-order valence-electron chi connectivity index (χ1n) is 6.96. The molecule has 0 saturated heterocycles. The molecule has 0 fully saturated rings. The van der Waals surface area contributed by atoms with E-state index in [1.54, 1.807) is 42.5 Å². The Kier molecular flexibility index (Phi) is 5.02. The molecular weight excluding hydrogens is 314 g/mol. The fourth-order valence-electron chi connectivity index (χ4n) is 2.08. The van der Waals surface area contributed by atoms with Crippen LogP contribution in [0, 0.1) is 0 Å². The maximum absolute atomic E-state index is 12.1. The summed E-state index contributed by atoms with van der Waals surface area (Å²) in [4.78, 5) is 11.6. The predicted molar refractivity (Wildman–Crippen MR) is 89.6 cm³/mol. The number of carbonyl (C=O) groups excluding carboxylic acids is 1. The van der Waals surface area contributed by atoms with Crippen molar-refractivity contribution in [3.63, 3.8) is 0 Å². The van der Waals surface area contributed by atoms with Gasteiger partial charge in [0.15, 0.2) is 0 Å². The van der Waals surface area contributed by atoms with Gasteiger partial charge in [-0.15, -0.1) is 0 Å². The van der Waals surface area contributed by atoms with E-state index < -0.39 is 15.9 Å². The van der Waals surface area contributed by atoms with Crippen molar-refractivity contribution in [2.24, 2.45) is 5.73 Å². The Morgan fingerprint density at radius 1 is 1.13 bits per heavy atom. The first-order valence-corrected chi connectivity index (χ1v) is 8.40. The van der Waals surface area contributed by atoms with Gasteiger partial charge in [-0.2, -0.15) is 0 Å². The van der Waals surface area contributed by atoms with Crippen LogP contribution in [-0.2, 0) is 16.6 Å². The average Bonchev–Trinajstić information content (AvgIpc) is 2.53. The highest BCUT2D eigenvalue weighted by Gasteiger charge is 2.17. The number of benzene rings is 2. The van der Waals surface area contributed by atoms with Gasteiger partial charge >= 0.3 is 0 Å². The second-order valence-electron chi connectivity index (χ2n) is 5.20. The van der Waals surface area contributed by atoms with Gasteiger partial charge in [0.2, 0.25) is 10.0 Å². The zero-order chi connectivity index (χ0) is 17.0. The van der Waals surface area contributed by atoms with Crippen molar-refractivity contribution < 1.29 is 13.2 Å². The number of hydrogen-bond acceptors (Lipinski definition) is 4. The van der Waals surface area contributed by atoms with Crippen molar-refractivity contribution in [1.29, 1.82) is 0 Å². The first-order chi connectivity index (χ1) is 10.8. The van der Waals surface area contributed by atoms with Gasteiger partial charge in [-0.3, -0.25) is 4.79 Å². The van der Waals surface area contributed by atoms with Crippen LogP contribution in [0.25, 0.3) is 0 Å². The zero-order valence-electron chi connectivity index (χ0n) is 13.0. The molecular formula is C16H19N3O3S. The number of rotatable bonds is 6. The van der Waals surface area contributed by atoms with Crippen LogP contribution in [0.1, 0.15) is 15.9 Å². The third-order valence-corrected chi connectivity index (χ3v) is 5.16. The standard InChI is InChI=1S/C16H19N3O3S/c1-19(2)23(21,22)13-7-5-6-12(10-13)11-18-15-9-4-3-8-14(15)16(17)20/h3-10,18H,11H2,1-2H3,(H2,17,20). The molecule has 0 aromatic heterocycles. The second kappa shape index (κ2) is 6.80. The van der Waals surface area contributed by atoms with Crippen LogP contribution in [0.4, 0.5) is 5.69 Å². The van der Waals surface area contributed by atoms with Crippen LogP contribution in [-0.4, -0.2) is 32.7 Å². The highest BCUT2D eigenvalue weighted by atomic mass is 32.2. The summed E-state index contributed by atoms with van der Waals surface area (Å²) < 4.78 is 25.5. The maximum Gasteiger partial charge on any atom is 0.250 e. The lowest BCUT2D eigenvalue weighted by Crippen LogP contribution is -2.22. The molecule has 6 nitrogen and oxygen atoms in total. The third-order valence-electron chi connectivity index (χ3n) is 3.35. The Morgan fingerprint density at radius 3 is 2.48 bits per heavy atom. The molecule has 1 amide bonds. The SMILES string of the molecule is CN(C)S(=O)(=O)c1cccc(CNc2ccccc2C(N)=O)c1. The number of nitrogens with one attached hydrogen (secondary N) is 1. The van der Waals surface area contributed by atoms with E-state index in [4.69, 9.17) is 5.73 Å². The smallest absolute Gasteiger partial charge is 0.250 e. The maximum atomic E-state index is 12.1. The summed E-state index contributed by atoms with van der Waals surface area (Å²) in [7, 11) is -0.494. The van der Waals surface area contributed by atoms with Gasteiger partial charge < -0.3 is 11.1 Å². The normalized spacial score (nSPS) is 11.4. The Bertz CT molecular complexity index is 817. The van der Waals surface area contributed by atoms with E-state index in [2.05, 4.69) is 5.32 Å². The molecule has 0 aliphatic rings. The Labute approximate surface area is 136 Å². The van der Waals surface area contributed by atoms with Crippen LogP contribution in [0.5, 0.6) is 0 Å². The number of carbonyl (C=O) groups is 1. The molecule has 2 aromatic rings. The first kappa shape index (κ1) is 17.0. The van der Waals surface area contributed by atoms with Crippen molar-refractivity contribution in [2.75, 3.05) is 19.4 Å². The number of primary amides is 1. The van der Waals surface area contributed by atoms with E-state index in [0.29, 0.717) is 17.8 Å². The molecule has 0 radical (unpaired) electrons. The van der Waals surface area contributed by atoms with E-state index in [1.165, 1.54) is 18.4 Å². The van der Waals surface area contributed by atoms with E-state index in [0.717, 1.165) is 5.56 Å². The largest absolute Gasteiger partial charge is 0.380 e. The van der Waals surface area contributed by atoms with E-state index in [9.17, 15) is 13.2 Å². The van der Waals surface area contributed by atoms with Crippen LogP contribution in [0.2, 0.25) is 0 Å². The number of amides is 1. The van der Waals surface area contributed by atoms with Gasteiger partial charge in [0.05, 0.1) is 10.5 Å². The minimum atomic E-state index is -3.47. The van der Waals surface area contributed by atoms with Gasteiger partial charge in [-0.25, -0.2) is 12.7 Å². The molecule has 0 saturated carbocycles.